The molecule has 0 aliphatic heterocycles. The first-order valence-electron chi connectivity index (χ1n) is 4.96. The molecule has 0 aliphatic rings. The number of nitrogen functional groups attached to an aromatic ring is 1. The number of nitrogens with one attached hydrogen (secondary N) is 1. The number of ether oxygens (including phenoxy) is 1. The molecule has 2 aromatic rings. The fraction of sp³-hybridized carbons (Fsp3) is 0.111. The summed E-state index contributed by atoms with van der Waals surface area (Å²) >= 11 is 7.11. The molecule has 0 atom stereocenters. The third-order valence-electron chi connectivity index (χ3n) is 2.07. The zero-order valence-corrected chi connectivity index (χ0v) is 10.9. The zero-order valence-electron chi connectivity index (χ0n) is 9.37. The number of hydrogen-bond donors (Lipinski definition) is 2. The first kappa shape index (κ1) is 13.5. The average molecular weight is 302 g/mol. The summed E-state index contributed by atoms with van der Waals surface area (Å²) in [4.78, 5) is 10.0. The van der Waals surface area contributed by atoms with Gasteiger partial charge in [0.1, 0.15) is 12.4 Å². The molecule has 0 saturated carbocycles. The van der Waals surface area contributed by atoms with Crippen LogP contribution in [0.4, 0.5) is 10.8 Å². The molecule has 1 aromatic heterocycles. The molecule has 3 N–H and O–H groups in total. The highest BCUT2D eigenvalue weighted by Gasteiger charge is 2.11. The normalized spacial score (nSPS) is 10.2. The molecule has 100 valence electrons. The number of rotatable bonds is 5. The molecule has 10 heteroatoms. The van der Waals surface area contributed by atoms with Crippen LogP contribution in [0, 0.1) is 10.1 Å². The number of halogens is 1. The first-order chi connectivity index (χ1) is 9.10. The summed E-state index contributed by atoms with van der Waals surface area (Å²) in [6.07, 6.45) is 0. The summed E-state index contributed by atoms with van der Waals surface area (Å²) in [5, 5.41) is 19.3. The van der Waals surface area contributed by atoms with Gasteiger partial charge in [0.2, 0.25) is 5.13 Å². The van der Waals surface area contributed by atoms with Crippen LogP contribution in [0.3, 0.4) is 0 Å². The van der Waals surface area contributed by atoms with Crippen molar-refractivity contribution in [1.29, 1.82) is 0 Å². The van der Waals surface area contributed by atoms with Gasteiger partial charge in [0.05, 0.1) is 9.95 Å². The number of hydrogen-bond acceptors (Lipinski definition) is 8. The standard InChI is InChI=1S/C9H8ClN5O3S/c10-6-3-5(15(16)17)1-2-7(6)18-4-8-13-14-9(12-11)19-8/h1-3H,4,11H2,(H,12,14). The van der Waals surface area contributed by atoms with Crippen molar-refractivity contribution >= 4 is 33.8 Å². The summed E-state index contributed by atoms with van der Waals surface area (Å²) in [6, 6.07) is 3.97. The first-order valence-corrected chi connectivity index (χ1v) is 6.15. The van der Waals surface area contributed by atoms with Crippen LogP contribution in [-0.2, 0) is 6.61 Å². The highest BCUT2D eigenvalue weighted by molar-refractivity contribution is 7.15. The Hall–Kier alpha value is -1.97. The third kappa shape index (κ3) is 3.28. The van der Waals surface area contributed by atoms with E-state index in [1.165, 1.54) is 29.5 Å². The molecular weight excluding hydrogens is 294 g/mol. The Morgan fingerprint density at radius 2 is 2.32 bits per heavy atom. The van der Waals surface area contributed by atoms with Crippen LogP contribution >= 0.6 is 22.9 Å². The highest BCUT2D eigenvalue weighted by Crippen LogP contribution is 2.29. The van der Waals surface area contributed by atoms with Crippen molar-refractivity contribution in [2.75, 3.05) is 5.43 Å². The van der Waals surface area contributed by atoms with Gasteiger partial charge in [-0.3, -0.25) is 15.5 Å². The van der Waals surface area contributed by atoms with Gasteiger partial charge in [-0.25, -0.2) is 5.84 Å². The second-order valence-corrected chi connectivity index (χ2v) is 4.78. The van der Waals surface area contributed by atoms with E-state index in [2.05, 4.69) is 15.6 Å². The number of hydrazine groups is 1. The molecule has 0 bridgehead atoms. The lowest BCUT2D eigenvalue weighted by molar-refractivity contribution is -0.384. The van der Waals surface area contributed by atoms with Gasteiger partial charge >= 0.3 is 0 Å². The van der Waals surface area contributed by atoms with E-state index >= 15 is 0 Å². The Bertz CT molecular complexity index is 605. The Morgan fingerprint density at radius 1 is 1.53 bits per heavy atom. The van der Waals surface area contributed by atoms with Crippen molar-refractivity contribution in [1.82, 2.24) is 10.2 Å². The molecule has 1 heterocycles. The van der Waals surface area contributed by atoms with Crippen LogP contribution in [0.15, 0.2) is 18.2 Å². The Kier molecular flexibility index (Phi) is 4.10. The van der Waals surface area contributed by atoms with Gasteiger partial charge in [-0.05, 0) is 6.07 Å². The van der Waals surface area contributed by atoms with Crippen LogP contribution in [0.1, 0.15) is 5.01 Å². The minimum Gasteiger partial charge on any atom is -0.485 e. The van der Waals surface area contributed by atoms with E-state index in [9.17, 15) is 10.1 Å². The lowest BCUT2D eigenvalue weighted by atomic mass is 10.3. The van der Waals surface area contributed by atoms with E-state index in [0.29, 0.717) is 15.9 Å². The van der Waals surface area contributed by atoms with Crippen LogP contribution in [0.25, 0.3) is 0 Å². The number of nitrogens with zero attached hydrogens (tertiary/aromatic N) is 3. The lowest BCUT2D eigenvalue weighted by Crippen LogP contribution is -2.05. The van der Waals surface area contributed by atoms with Crippen LogP contribution in [-0.4, -0.2) is 15.1 Å². The lowest BCUT2D eigenvalue weighted by Gasteiger charge is -2.05. The molecule has 0 spiro atoms. The number of nitrogens with two attached hydrogens (primary N) is 1. The molecule has 0 fully saturated rings. The van der Waals surface area contributed by atoms with Crippen molar-refractivity contribution in [3.63, 3.8) is 0 Å². The monoisotopic (exact) mass is 301 g/mol. The third-order valence-corrected chi connectivity index (χ3v) is 3.19. The summed E-state index contributed by atoms with van der Waals surface area (Å²) in [6.45, 7) is 0.150. The number of anilines is 1. The SMILES string of the molecule is NNc1nnc(COc2ccc([N+](=O)[O-])cc2Cl)s1. The summed E-state index contributed by atoms with van der Waals surface area (Å²) in [7, 11) is 0. The maximum absolute atomic E-state index is 10.6. The second-order valence-electron chi connectivity index (χ2n) is 3.31. The van der Waals surface area contributed by atoms with Crippen LogP contribution in [0.5, 0.6) is 5.75 Å². The van der Waals surface area contributed by atoms with Crippen molar-refractivity contribution < 1.29 is 9.66 Å². The molecule has 0 saturated heterocycles. The van der Waals surface area contributed by atoms with Gasteiger partial charge in [-0.2, -0.15) is 0 Å². The molecule has 1 aromatic carbocycles. The molecule has 2 rings (SSSR count). The van der Waals surface area contributed by atoms with Gasteiger partial charge in [0.25, 0.3) is 5.69 Å². The fourth-order valence-electron chi connectivity index (χ4n) is 1.23. The summed E-state index contributed by atoms with van der Waals surface area (Å²) in [5.74, 6) is 5.51. The number of nitro benzene ring substituents is 1. The Balaban J connectivity index is 2.05. The Labute approximate surface area is 116 Å². The maximum Gasteiger partial charge on any atom is 0.271 e. The van der Waals surface area contributed by atoms with E-state index in [4.69, 9.17) is 22.2 Å². The van der Waals surface area contributed by atoms with Crippen molar-refractivity contribution in [3.8, 4) is 5.75 Å². The molecule has 8 nitrogen and oxygen atoms in total. The number of non-ortho nitro benzene ring substituents is 1. The largest absolute Gasteiger partial charge is 0.485 e. The molecule has 0 amide bonds. The predicted molar refractivity (Wildman–Crippen MR) is 70.2 cm³/mol. The van der Waals surface area contributed by atoms with E-state index in [0.717, 1.165) is 0 Å². The predicted octanol–water partition coefficient (Wildman–Crippen LogP) is 1.96. The quantitative estimate of drug-likeness (QED) is 0.492. The summed E-state index contributed by atoms with van der Waals surface area (Å²) in [5.41, 5.74) is 2.27. The van der Waals surface area contributed by atoms with Crippen molar-refractivity contribution in [3.05, 3.63) is 38.3 Å². The average Bonchev–Trinajstić information content (AvgIpc) is 2.85. The highest BCUT2D eigenvalue weighted by atomic mass is 35.5. The molecule has 0 unspecified atom stereocenters. The number of nitro groups is 1. The maximum atomic E-state index is 10.6. The van der Waals surface area contributed by atoms with E-state index in [-0.39, 0.29) is 17.3 Å². The number of aromatic nitrogens is 2. The van der Waals surface area contributed by atoms with Gasteiger partial charge in [0, 0.05) is 12.1 Å². The van der Waals surface area contributed by atoms with E-state index in [1.807, 2.05) is 0 Å². The van der Waals surface area contributed by atoms with Crippen LogP contribution < -0.4 is 16.0 Å². The molecule has 19 heavy (non-hydrogen) atoms. The number of benzene rings is 1. The van der Waals surface area contributed by atoms with Crippen molar-refractivity contribution in [2.45, 2.75) is 6.61 Å². The van der Waals surface area contributed by atoms with Gasteiger partial charge in [-0.15, -0.1) is 10.2 Å². The topological polar surface area (TPSA) is 116 Å². The second kappa shape index (κ2) is 5.78. The zero-order chi connectivity index (χ0) is 13.8. The van der Waals surface area contributed by atoms with Gasteiger partial charge < -0.3 is 4.74 Å². The van der Waals surface area contributed by atoms with Gasteiger partial charge in [0.15, 0.2) is 5.01 Å². The Morgan fingerprint density at radius 3 is 2.89 bits per heavy atom. The van der Waals surface area contributed by atoms with E-state index < -0.39 is 4.92 Å². The van der Waals surface area contributed by atoms with Crippen LogP contribution in [0.2, 0.25) is 5.02 Å². The minimum absolute atomic E-state index is 0.0946. The fourth-order valence-corrected chi connectivity index (χ4v) is 2.02. The summed E-state index contributed by atoms with van der Waals surface area (Å²) < 4.78 is 5.40. The van der Waals surface area contributed by atoms with Gasteiger partial charge in [-0.1, -0.05) is 22.9 Å². The van der Waals surface area contributed by atoms with Crippen molar-refractivity contribution in [2.24, 2.45) is 5.84 Å². The minimum atomic E-state index is -0.528. The van der Waals surface area contributed by atoms with E-state index in [1.54, 1.807) is 0 Å². The molecular formula is C9H8ClN5O3S. The molecule has 0 radical (unpaired) electrons. The smallest absolute Gasteiger partial charge is 0.271 e. The molecule has 0 aliphatic carbocycles.